The topological polar surface area (TPSA) is 54.0 Å². The minimum atomic E-state index is -0.142. The molecule has 0 radical (unpaired) electrons. The van der Waals surface area contributed by atoms with Gasteiger partial charge >= 0.3 is 0 Å². The molecule has 0 spiro atoms. The fourth-order valence-corrected chi connectivity index (χ4v) is 4.51. The Morgan fingerprint density at radius 3 is 2.23 bits per heavy atom. The molecule has 4 rings (SSSR count). The standard InChI is InChI=1S/C25H23N3OS/c1-17-18(2)30-25(28-24(29)20-13-7-4-8-14-20)22(17)23(19-11-5-3-6-12-19)27-21-15-9-10-16-26-21/h3-16,23H,1-2H3,(H,26,27)(H,28,29)/t23-/m1/s1. The molecule has 2 heterocycles. The van der Waals surface area contributed by atoms with Crippen molar-refractivity contribution in [1.29, 1.82) is 0 Å². The lowest BCUT2D eigenvalue weighted by Gasteiger charge is -2.22. The third-order valence-electron chi connectivity index (χ3n) is 5.07. The smallest absolute Gasteiger partial charge is 0.256 e. The normalized spacial score (nSPS) is 11.7. The van der Waals surface area contributed by atoms with Crippen LogP contribution in [-0.2, 0) is 0 Å². The molecule has 5 heteroatoms. The molecule has 2 aromatic carbocycles. The molecule has 0 saturated heterocycles. The van der Waals surface area contributed by atoms with Crippen molar-refractivity contribution in [2.45, 2.75) is 19.9 Å². The van der Waals surface area contributed by atoms with Gasteiger partial charge < -0.3 is 10.6 Å². The van der Waals surface area contributed by atoms with Crippen LogP contribution in [0.5, 0.6) is 0 Å². The fraction of sp³-hybridized carbons (Fsp3) is 0.120. The van der Waals surface area contributed by atoms with Crippen molar-refractivity contribution >= 4 is 28.1 Å². The van der Waals surface area contributed by atoms with Crippen molar-refractivity contribution in [3.8, 4) is 0 Å². The predicted octanol–water partition coefficient (Wildman–Crippen LogP) is 6.21. The van der Waals surface area contributed by atoms with Crippen LogP contribution in [0.3, 0.4) is 0 Å². The average molecular weight is 414 g/mol. The molecule has 1 amide bonds. The number of nitrogens with one attached hydrogen (secondary N) is 2. The highest BCUT2D eigenvalue weighted by atomic mass is 32.1. The average Bonchev–Trinajstić information content (AvgIpc) is 3.07. The van der Waals surface area contributed by atoms with Crippen molar-refractivity contribution in [2.24, 2.45) is 0 Å². The molecular weight excluding hydrogens is 390 g/mol. The first-order valence-corrected chi connectivity index (χ1v) is 10.6. The summed E-state index contributed by atoms with van der Waals surface area (Å²) in [5, 5.41) is 7.56. The summed E-state index contributed by atoms with van der Waals surface area (Å²) in [6.45, 7) is 4.19. The van der Waals surface area contributed by atoms with Crippen molar-refractivity contribution in [1.82, 2.24) is 4.98 Å². The van der Waals surface area contributed by atoms with E-state index in [1.165, 1.54) is 10.4 Å². The van der Waals surface area contributed by atoms with Crippen molar-refractivity contribution in [3.05, 3.63) is 112 Å². The summed E-state index contributed by atoms with van der Waals surface area (Å²) in [7, 11) is 0. The Labute approximate surface area is 180 Å². The summed E-state index contributed by atoms with van der Waals surface area (Å²) in [6.07, 6.45) is 1.77. The van der Waals surface area contributed by atoms with Crippen molar-refractivity contribution in [3.63, 3.8) is 0 Å². The summed E-state index contributed by atoms with van der Waals surface area (Å²) in [5.74, 6) is 0.678. The third kappa shape index (κ3) is 4.26. The second kappa shape index (κ2) is 8.93. The minimum Gasteiger partial charge on any atom is -0.359 e. The van der Waals surface area contributed by atoms with Gasteiger partial charge in [-0.2, -0.15) is 0 Å². The van der Waals surface area contributed by atoms with Gasteiger partial charge in [0, 0.05) is 22.2 Å². The Kier molecular flexibility index (Phi) is 5.91. The lowest BCUT2D eigenvalue weighted by Crippen LogP contribution is -2.17. The van der Waals surface area contributed by atoms with Gasteiger partial charge in [0.15, 0.2) is 0 Å². The maximum atomic E-state index is 12.9. The molecule has 30 heavy (non-hydrogen) atoms. The van der Waals surface area contributed by atoms with E-state index in [-0.39, 0.29) is 11.9 Å². The van der Waals surface area contributed by atoms with Gasteiger partial charge in [0.1, 0.15) is 10.8 Å². The number of rotatable bonds is 6. The zero-order valence-electron chi connectivity index (χ0n) is 16.9. The molecule has 0 aliphatic carbocycles. The van der Waals surface area contributed by atoms with E-state index in [2.05, 4.69) is 41.6 Å². The highest BCUT2D eigenvalue weighted by molar-refractivity contribution is 7.16. The Hall–Kier alpha value is -3.44. The third-order valence-corrected chi connectivity index (χ3v) is 6.21. The number of thiophene rings is 1. The first-order valence-electron chi connectivity index (χ1n) is 9.82. The first kappa shape index (κ1) is 19.9. The first-order chi connectivity index (χ1) is 14.6. The molecule has 0 aliphatic heterocycles. The summed E-state index contributed by atoms with van der Waals surface area (Å²) >= 11 is 1.61. The van der Waals surface area contributed by atoms with E-state index in [0.29, 0.717) is 5.56 Å². The number of hydrogen-bond acceptors (Lipinski definition) is 4. The van der Waals surface area contributed by atoms with Gasteiger partial charge in [0.2, 0.25) is 0 Å². The lowest BCUT2D eigenvalue weighted by molar-refractivity contribution is 0.102. The Bertz CT molecular complexity index is 1130. The summed E-state index contributed by atoms with van der Waals surface area (Å²) in [6, 6.07) is 25.2. The SMILES string of the molecule is Cc1sc(NC(=O)c2ccccc2)c([C@H](Nc2ccccn2)c2ccccc2)c1C. The van der Waals surface area contributed by atoms with Crippen LogP contribution in [0.1, 0.15) is 38.0 Å². The molecule has 0 bridgehead atoms. The number of anilines is 2. The van der Waals surface area contributed by atoms with Gasteiger partial charge in [-0.1, -0.05) is 54.6 Å². The van der Waals surface area contributed by atoms with E-state index < -0.39 is 0 Å². The number of amides is 1. The van der Waals surface area contributed by atoms with Crippen LogP contribution in [0, 0.1) is 13.8 Å². The van der Waals surface area contributed by atoms with Crippen molar-refractivity contribution < 1.29 is 4.79 Å². The predicted molar refractivity (Wildman–Crippen MR) is 124 cm³/mol. The molecule has 0 unspecified atom stereocenters. The van der Waals surface area contributed by atoms with Gasteiger partial charge in [0.05, 0.1) is 6.04 Å². The molecule has 1 atom stereocenters. The molecule has 2 aromatic heterocycles. The maximum absolute atomic E-state index is 12.9. The summed E-state index contributed by atoms with van der Waals surface area (Å²) in [5.41, 5.74) is 3.99. The van der Waals surface area contributed by atoms with E-state index in [9.17, 15) is 4.79 Å². The Balaban J connectivity index is 1.76. The molecule has 4 nitrogen and oxygen atoms in total. The van der Waals surface area contributed by atoms with Crippen LogP contribution >= 0.6 is 11.3 Å². The van der Waals surface area contributed by atoms with Gasteiger partial charge in [0.25, 0.3) is 5.91 Å². The quantitative estimate of drug-likeness (QED) is 0.395. The Morgan fingerprint density at radius 2 is 1.57 bits per heavy atom. The second-order valence-electron chi connectivity index (χ2n) is 7.05. The number of hydrogen-bond donors (Lipinski definition) is 2. The van der Waals surface area contributed by atoms with E-state index in [0.717, 1.165) is 21.9 Å². The van der Waals surface area contributed by atoms with Crippen LogP contribution in [0.25, 0.3) is 0 Å². The van der Waals surface area contributed by atoms with Crippen molar-refractivity contribution in [2.75, 3.05) is 10.6 Å². The minimum absolute atomic E-state index is 0.109. The number of carbonyl (C=O) groups is 1. The van der Waals surface area contributed by atoms with Gasteiger partial charge in [-0.25, -0.2) is 4.98 Å². The largest absolute Gasteiger partial charge is 0.359 e. The zero-order valence-corrected chi connectivity index (χ0v) is 17.7. The van der Waals surface area contributed by atoms with Crippen LogP contribution in [0.15, 0.2) is 85.1 Å². The molecule has 0 aliphatic rings. The molecule has 4 aromatic rings. The summed E-state index contributed by atoms with van der Waals surface area (Å²) < 4.78 is 0. The van der Waals surface area contributed by atoms with E-state index in [1.54, 1.807) is 17.5 Å². The summed E-state index contributed by atoms with van der Waals surface area (Å²) in [4.78, 5) is 18.5. The molecule has 0 saturated carbocycles. The zero-order chi connectivity index (χ0) is 20.9. The van der Waals surface area contributed by atoms with Gasteiger partial charge in [-0.05, 0) is 49.2 Å². The number of carbonyl (C=O) groups excluding carboxylic acids is 1. The van der Waals surface area contributed by atoms with Gasteiger partial charge in [-0.15, -0.1) is 11.3 Å². The van der Waals surface area contributed by atoms with E-state index >= 15 is 0 Å². The fourth-order valence-electron chi connectivity index (χ4n) is 3.41. The molecule has 2 N–H and O–H groups in total. The van der Waals surface area contributed by atoms with Crippen LogP contribution in [0.2, 0.25) is 0 Å². The monoisotopic (exact) mass is 413 g/mol. The molecule has 150 valence electrons. The highest BCUT2D eigenvalue weighted by Crippen LogP contribution is 2.40. The number of aryl methyl sites for hydroxylation is 1. The number of benzene rings is 2. The van der Waals surface area contributed by atoms with Crippen LogP contribution in [0.4, 0.5) is 10.8 Å². The molecular formula is C25H23N3OS. The lowest BCUT2D eigenvalue weighted by atomic mass is 9.96. The highest BCUT2D eigenvalue weighted by Gasteiger charge is 2.25. The van der Waals surface area contributed by atoms with Crippen LogP contribution in [-0.4, -0.2) is 10.9 Å². The molecule has 0 fully saturated rings. The van der Waals surface area contributed by atoms with E-state index in [1.807, 2.05) is 66.7 Å². The van der Waals surface area contributed by atoms with Gasteiger partial charge in [-0.3, -0.25) is 4.79 Å². The number of pyridine rings is 1. The maximum Gasteiger partial charge on any atom is 0.256 e. The van der Waals surface area contributed by atoms with Crippen LogP contribution < -0.4 is 10.6 Å². The second-order valence-corrected chi connectivity index (χ2v) is 8.27. The number of nitrogens with zero attached hydrogens (tertiary/aromatic N) is 1. The number of aromatic nitrogens is 1. The van der Waals surface area contributed by atoms with E-state index in [4.69, 9.17) is 0 Å². The Morgan fingerprint density at radius 1 is 0.900 bits per heavy atom.